The predicted molar refractivity (Wildman–Crippen MR) is 144 cm³/mol. The number of hydrogen-bond donors (Lipinski definition) is 1. The van der Waals surface area contributed by atoms with Gasteiger partial charge >= 0.3 is 6.18 Å². The maximum atomic E-state index is 13.8. The van der Waals surface area contributed by atoms with Crippen molar-refractivity contribution in [1.29, 1.82) is 0 Å². The van der Waals surface area contributed by atoms with Crippen molar-refractivity contribution in [3.05, 3.63) is 76.4 Å². The molecular formula is C29H29F3N4O3S. The average molecular weight is 571 g/mol. The Morgan fingerprint density at radius 2 is 1.85 bits per heavy atom. The molecule has 3 aromatic rings. The van der Waals surface area contributed by atoms with E-state index in [1.807, 2.05) is 26.0 Å². The molecule has 0 spiro atoms. The summed E-state index contributed by atoms with van der Waals surface area (Å²) in [5.41, 5.74) is 2.86. The highest BCUT2D eigenvalue weighted by molar-refractivity contribution is 7.13. The van der Waals surface area contributed by atoms with Crippen molar-refractivity contribution in [2.24, 2.45) is 5.92 Å². The van der Waals surface area contributed by atoms with Crippen LogP contribution in [0.25, 0.3) is 10.4 Å². The summed E-state index contributed by atoms with van der Waals surface area (Å²) in [5.74, 6) is -0.851. The molecule has 0 bridgehead atoms. The summed E-state index contributed by atoms with van der Waals surface area (Å²) in [5, 5.41) is 2.87. The first-order valence-corrected chi connectivity index (χ1v) is 14.0. The molecule has 2 aliphatic heterocycles. The Balaban J connectivity index is 1.24. The summed E-state index contributed by atoms with van der Waals surface area (Å²) in [7, 11) is 0. The second kappa shape index (κ2) is 11.0. The number of benzene rings is 2. The lowest BCUT2D eigenvalue weighted by Crippen LogP contribution is -2.55. The smallest absolute Gasteiger partial charge is 0.350 e. The van der Waals surface area contributed by atoms with Crippen LogP contribution in [0.5, 0.6) is 0 Å². The van der Waals surface area contributed by atoms with E-state index in [-0.39, 0.29) is 35.1 Å². The first-order valence-electron chi connectivity index (χ1n) is 13.1. The SMILES string of the molecule is CC(C)C(C(=O)N1CCCC1C(=O)NCc1ccc(-c2scnc2C(F)(F)F)cc1)N1Cc2ccccc2C1=O. The molecule has 11 heteroatoms. The molecule has 40 heavy (non-hydrogen) atoms. The van der Waals surface area contributed by atoms with E-state index in [0.29, 0.717) is 42.6 Å². The van der Waals surface area contributed by atoms with Crippen LogP contribution in [0.4, 0.5) is 13.2 Å². The number of carbonyl (C=O) groups excluding carboxylic acids is 3. The van der Waals surface area contributed by atoms with E-state index in [4.69, 9.17) is 0 Å². The second-order valence-corrected chi connectivity index (χ2v) is 11.3. The third-order valence-corrected chi connectivity index (χ3v) is 8.30. The van der Waals surface area contributed by atoms with Crippen molar-refractivity contribution in [2.75, 3.05) is 6.54 Å². The first kappa shape index (κ1) is 27.8. The number of amides is 3. The Morgan fingerprint density at radius 1 is 1.12 bits per heavy atom. The fourth-order valence-corrected chi connectivity index (χ4v) is 6.30. The van der Waals surface area contributed by atoms with Gasteiger partial charge in [0.15, 0.2) is 5.69 Å². The van der Waals surface area contributed by atoms with Crippen molar-refractivity contribution in [3.63, 3.8) is 0 Å². The summed E-state index contributed by atoms with van der Waals surface area (Å²) in [6, 6.07) is 12.5. The van der Waals surface area contributed by atoms with Crippen LogP contribution in [-0.2, 0) is 28.9 Å². The molecule has 2 unspecified atom stereocenters. The van der Waals surface area contributed by atoms with Gasteiger partial charge in [-0.1, -0.05) is 56.3 Å². The normalized spacial score (nSPS) is 17.9. The number of halogens is 3. The third kappa shape index (κ3) is 5.34. The Bertz CT molecular complexity index is 1420. The van der Waals surface area contributed by atoms with Crippen LogP contribution < -0.4 is 5.32 Å². The minimum Gasteiger partial charge on any atom is -0.350 e. The molecule has 3 heterocycles. The molecule has 2 atom stereocenters. The summed E-state index contributed by atoms with van der Waals surface area (Å²) < 4.78 is 39.6. The molecule has 1 fully saturated rings. The zero-order chi connectivity index (χ0) is 28.6. The molecule has 1 aromatic heterocycles. The summed E-state index contributed by atoms with van der Waals surface area (Å²) in [6.45, 7) is 4.76. The van der Waals surface area contributed by atoms with Gasteiger partial charge in [0, 0.05) is 25.2 Å². The number of likely N-dealkylation sites (tertiary alicyclic amines) is 1. The minimum absolute atomic E-state index is 0.0440. The maximum absolute atomic E-state index is 13.8. The number of fused-ring (bicyclic) bond motifs is 1. The number of aromatic nitrogens is 1. The summed E-state index contributed by atoms with van der Waals surface area (Å²) in [4.78, 5) is 46.8. The van der Waals surface area contributed by atoms with Gasteiger partial charge in [-0.15, -0.1) is 11.3 Å². The van der Waals surface area contributed by atoms with E-state index >= 15 is 0 Å². The second-order valence-electron chi connectivity index (χ2n) is 10.4. The van der Waals surface area contributed by atoms with Crippen LogP contribution in [0, 0.1) is 5.92 Å². The number of thiazole rings is 1. The number of carbonyl (C=O) groups is 3. The van der Waals surface area contributed by atoms with Crippen LogP contribution in [-0.4, -0.2) is 51.1 Å². The molecule has 0 aliphatic carbocycles. The van der Waals surface area contributed by atoms with Gasteiger partial charge in [-0.05, 0) is 41.5 Å². The summed E-state index contributed by atoms with van der Waals surface area (Å²) >= 11 is 0.920. The van der Waals surface area contributed by atoms with Crippen LogP contribution in [0.15, 0.2) is 54.0 Å². The van der Waals surface area contributed by atoms with E-state index < -0.39 is 24.0 Å². The maximum Gasteiger partial charge on any atom is 0.434 e. The van der Waals surface area contributed by atoms with Crippen molar-refractivity contribution in [3.8, 4) is 10.4 Å². The highest BCUT2D eigenvalue weighted by atomic mass is 32.1. The number of nitrogens with zero attached hydrogens (tertiary/aromatic N) is 3. The van der Waals surface area contributed by atoms with E-state index in [2.05, 4.69) is 10.3 Å². The topological polar surface area (TPSA) is 82.6 Å². The van der Waals surface area contributed by atoms with Gasteiger partial charge in [0.2, 0.25) is 11.8 Å². The summed E-state index contributed by atoms with van der Waals surface area (Å²) in [6.07, 6.45) is -3.35. The Labute approximate surface area is 234 Å². The van der Waals surface area contributed by atoms with Gasteiger partial charge in [-0.25, -0.2) is 4.98 Å². The van der Waals surface area contributed by atoms with E-state index in [1.165, 1.54) is 5.51 Å². The fourth-order valence-electron chi connectivity index (χ4n) is 5.49. The lowest BCUT2D eigenvalue weighted by Gasteiger charge is -2.35. The molecule has 0 saturated carbocycles. The largest absolute Gasteiger partial charge is 0.434 e. The van der Waals surface area contributed by atoms with E-state index in [0.717, 1.165) is 16.9 Å². The molecule has 210 valence electrons. The number of alkyl halides is 3. The average Bonchev–Trinajstić information content (AvgIpc) is 3.67. The Kier molecular flexibility index (Phi) is 7.67. The zero-order valence-electron chi connectivity index (χ0n) is 22.1. The molecule has 5 rings (SSSR count). The highest BCUT2D eigenvalue weighted by Crippen LogP contribution is 2.38. The van der Waals surface area contributed by atoms with E-state index in [1.54, 1.807) is 46.2 Å². The fraction of sp³-hybridized carbons (Fsp3) is 0.379. The van der Waals surface area contributed by atoms with Crippen LogP contribution >= 0.6 is 11.3 Å². The van der Waals surface area contributed by atoms with Crippen molar-refractivity contribution < 1.29 is 27.6 Å². The lowest BCUT2D eigenvalue weighted by atomic mass is 10.0. The zero-order valence-corrected chi connectivity index (χ0v) is 22.9. The van der Waals surface area contributed by atoms with Gasteiger partial charge in [-0.2, -0.15) is 13.2 Å². The van der Waals surface area contributed by atoms with E-state index in [9.17, 15) is 27.6 Å². The molecule has 0 radical (unpaired) electrons. The number of rotatable bonds is 7. The lowest BCUT2D eigenvalue weighted by molar-refractivity contribution is -0.143. The van der Waals surface area contributed by atoms with Crippen LogP contribution in [0.1, 0.15) is 53.9 Å². The molecule has 1 N–H and O–H groups in total. The standard InChI is InChI=1S/C29H29F3N4O3S/c1-17(2)23(36-15-20-6-3-4-7-21(20)27(36)38)28(39)35-13-5-8-22(35)26(37)33-14-18-9-11-19(12-10-18)24-25(29(30,31)32)34-16-40-24/h3-4,6-7,9-12,16-17,22-23H,5,8,13-15H2,1-2H3,(H,33,37). The highest BCUT2D eigenvalue weighted by Gasteiger charge is 2.43. The Morgan fingerprint density at radius 3 is 2.52 bits per heavy atom. The Hall–Kier alpha value is -3.73. The number of nitrogens with one attached hydrogen (secondary N) is 1. The predicted octanol–water partition coefficient (Wildman–Crippen LogP) is 5.12. The van der Waals surface area contributed by atoms with Crippen molar-refractivity contribution in [2.45, 2.75) is 58.0 Å². The molecular weight excluding hydrogens is 541 g/mol. The quantitative estimate of drug-likeness (QED) is 0.428. The van der Waals surface area contributed by atoms with Gasteiger partial charge in [0.05, 0.1) is 10.4 Å². The minimum atomic E-state index is -4.53. The third-order valence-electron chi connectivity index (χ3n) is 7.43. The van der Waals surface area contributed by atoms with Crippen molar-refractivity contribution >= 4 is 29.1 Å². The molecule has 3 amide bonds. The van der Waals surface area contributed by atoms with Gasteiger partial charge in [-0.3, -0.25) is 14.4 Å². The van der Waals surface area contributed by atoms with Crippen molar-refractivity contribution in [1.82, 2.24) is 20.1 Å². The van der Waals surface area contributed by atoms with Gasteiger partial charge < -0.3 is 15.1 Å². The molecule has 1 saturated heterocycles. The number of hydrogen-bond acceptors (Lipinski definition) is 5. The van der Waals surface area contributed by atoms with Crippen LogP contribution in [0.2, 0.25) is 0 Å². The molecule has 2 aromatic carbocycles. The first-order chi connectivity index (χ1) is 19.1. The van der Waals surface area contributed by atoms with Gasteiger partial charge in [0.25, 0.3) is 5.91 Å². The molecule has 2 aliphatic rings. The van der Waals surface area contributed by atoms with Crippen LogP contribution in [0.3, 0.4) is 0 Å². The monoisotopic (exact) mass is 570 g/mol. The van der Waals surface area contributed by atoms with Gasteiger partial charge in [0.1, 0.15) is 12.1 Å². The molecule has 7 nitrogen and oxygen atoms in total.